The van der Waals surface area contributed by atoms with Crippen LogP contribution < -0.4 is 0 Å². The summed E-state index contributed by atoms with van der Waals surface area (Å²) in [4.78, 5) is 0. The average molecular weight is 114 g/mol. The van der Waals surface area contributed by atoms with Crippen molar-refractivity contribution in [1.29, 1.82) is 0 Å². The smallest absolute Gasteiger partial charge is 0.0810 e. The number of rotatable bonds is 3. The minimum Gasteiger partial charge on any atom is -0.373 e. The van der Waals surface area contributed by atoms with Gasteiger partial charge in [0.15, 0.2) is 0 Å². The standard InChI is InChI=1S/C7H14O/c1-6(2)3-4-7-5-8-7/h6-7H,3-5H2,1-2H3/t7-/m0/s1. The molecule has 1 rings (SSSR count). The van der Waals surface area contributed by atoms with Gasteiger partial charge in [0.2, 0.25) is 0 Å². The molecule has 0 unspecified atom stereocenters. The first-order valence-corrected chi connectivity index (χ1v) is 3.40. The van der Waals surface area contributed by atoms with E-state index < -0.39 is 0 Å². The van der Waals surface area contributed by atoms with Crippen molar-refractivity contribution in [2.24, 2.45) is 5.92 Å². The second-order valence-electron chi connectivity index (χ2n) is 2.93. The first-order chi connectivity index (χ1) is 3.79. The van der Waals surface area contributed by atoms with Gasteiger partial charge in [-0.15, -0.1) is 0 Å². The van der Waals surface area contributed by atoms with E-state index in [4.69, 9.17) is 4.74 Å². The Morgan fingerprint density at radius 1 is 1.62 bits per heavy atom. The Hall–Kier alpha value is -0.0400. The lowest BCUT2D eigenvalue weighted by Gasteiger charge is -1.98. The highest BCUT2D eigenvalue weighted by molar-refractivity contribution is 4.68. The van der Waals surface area contributed by atoms with Gasteiger partial charge in [-0.2, -0.15) is 0 Å². The molecule has 0 bridgehead atoms. The monoisotopic (exact) mass is 114 g/mol. The van der Waals surface area contributed by atoms with Gasteiger partial charge in [0.1, 0.15) is 0 Å². The Kier molecular flexibility index (Phi) is 1.90. The zero-order chi connectivity index (χ0) is 5.98. The maximum absolute atomic E-state index is 5.06. The lowest BCUT2D eigenvalue weighted by atomic mass is 10.1. The van der Waals surface area contributed by atoms with Crippen molar-refractivity contribution in [3.05, 3.63) is 0 Å². The minimum atomic E-state index is 0.636. The maximum atomic E-state index is 5.06. The molecule has 1 fully saturated rings. The van der Waals surface area contributed by atoms with Gasteiger partial charge >= 0.3 is 0 Å². The fourth-order valence-corrected chi connectivity index (χ4v) is 0.754. The number of ether oxygens (including phenoxy) is 1. The van der Waals surface area contributed by atoms with Crippen molar-refractivity contribution in [2.45, 2.75) is 32.8 Å². The van der Waals surface area contributed by atoms with Crippen LogP contribution in [0.5, 0.6) is 0 Å². The van der Waals surface area contributed by atoms with Crippen molar-refractivity contribution in [3.8, 4) is 0 Å². The fraction of sp³-hybridized carbons (Fsp3) is 1.00. The second-order valence-corrected chi connectivity index (χ2v) is 2.93. The van der Waals surface area contributed by atoms with Gasteiger partial charge in [0, 0.05) is 0 Å². The molecule has 0 amide bonds. The molecule has 48 valence electrons. The molecule has 1 aliphatic heterocycles. The van der Waals surface area contributed by atoms with Gasteiger partial charge in [-0.1, -0.05) is 13.8 Å². The van der Waals surface area contributed by atoms with Crippen molar-refractivity contribution in [2.75, 3.05) is 6.61 Å². The topological polar surface area (TPSA) is 12.5 Å². The van der Waals surface area contributed by atoms with Gasteiger partial charge in [-0.3, -0.25) is 0 Å². The summed E-state index contributed by atoms with van der Waals surface area (Å²) in [6, 6.07) is 0. The summed E-state index contributed by atoms with van der Waals surface area (Å²) in [5.41, 5.74) is 0. The molecule has 0 spiro atoms. The molecule has 1 nitrogen and oxygen atoms in total. The Labute approximate surface area is 51.0 Å². The summed E-state index contributed by atoms with van der Waals surface area (Å²) in [6.07, 6.45) is 3.24. The SMILES string of the molecule is CC(C)CC[C@H]1CO1. The van der Waals surface area contributed by atoms with Gasteiger partial charge in [-0.25, -0.2) is 0 Å². The summed E-state index contributed by atoms with van der Waals surface area (Å²) in [5.74, 6) is 0.846. The van der Waals surface area contributed by atoms with E-state index in [0.29, 0.717) is 6.10 Å². The Morgan fingerprint density at radius 2 is 2.25 bits per heavy atom. The molecule has 0 N–H and O–H groups in total. The van der Waals surface area contributed by atoms with Crippen molar-refractivity contribution in [1.82, 2.24) is 0 Å². The molecule has 1 atom stereocenters. The van der Waals surface area contributed by atoms with Crippen LogP contribution in [0.15, 0.2) is 0 Å². The van der Waals surface area contributed by atoms with E-state index in [2.05, 4.69) is 13.8 Å². The highest BCUT2D eigenvalue weighted by Crippen LogP contribution is 2.18. The van der Waals surface area contributed by atoms with Crippen molar-refractivity contribution in [3.63, 3.8) is 0 Å². The van der Waals surface area contributed by atoms with Crippen molar-refractivity contribution >= 4 is 0 Å². The van der Waals surface area contributed by atoms with Gasteiger partial charge < -0.3 is 4.74 Å². The molecule has 0 aromatic heterocycles. The molecule has 1 heteroatoms. The third kappa shape index (κ3) is 2.31. The average Bonchev–Trinajstić information content (AvgIpc) is 2.41. The highest BCUT2D eigenvalue weighted by Gasteiger charge is 2.21. The van der Waals surface area contributed by atoms with Gasteiger partial charge in [-0.05, 0) is 18.8 Å². The van der Waals surface area contributed by atoms with Crippen LogP contribution in [-0.4, -0.2) is 12.7 Å². The Morgan fingerprint density at radius 3 is 2.62 bits per heavy atom. The predicted octanol–water partition coefficient (Wildman–Crippen LogP) is 1.82. The summed E-state index contributed by atoms with van der Waals surface area (Å²) < 4.78 is 5.06. The highest BCUT2D eigenvalue weighted by atomic mass is 16.6. The van der Waals surface area contributed by atoms with Crippen LogP contribution in [0.4, 0.5) is 0 Å². The molecule has 0 aliphatic carbocycles. The molecule has 1 heterocycles. The minimum absolute atomic E-state index is 0.636. The van der Waals surface area contributed by atoms with E-state index in [1.54, 1.807) is 0 Å². The van der Waals surface area contributed by atoms with E-state index in [1.807, 2.05) is 0 Å². The van der Waals surface area contributed by atoms with E-state index in [9.17, 15) is 0 Å². The largest absolute Gasteiger partial charge is 0.373 e. The zero-order valence-corrected chi connectivity index (χ0v) is 5.68. The van der Waals surface area contributed by atoms with Crippen LogP contribution in [0.1, 0.15) is 26.7 Å². The van der Waals surface area contributed by atoms with Gasteiger partial charge in [0.25, 0.3) is 0 Å². The number of hydrogen-bond acceptors (Lipinski definition) is 1. The zero-order valence-electron chi connectivity index (χ0n) is 5.68. The Bertz CT molecular complexity index is 62.8. The molecule has 0 saturated carbocycles. The number of hydrogen-bond donors (Lipinski definition) is 0. The van der Waals surface area contributed by atoms with E-state index >= 15 is 0 Å². The number of epoxide rings is 1. The van der Waals surface area contributed by atoms with Gasteiger partial charge in [0.05, 0.1) is 12.7 Å². The Balaban J connectivity index is 1.87. The summed E-state index contributed by atoms with van der Waals surface area (Å²) in [6.45, 7) is 5.53. The molecule has 0 aromatic rings. The molecular formula is C7H14O. The normalized spacial score (nSPS) is 26.6. The maximum Gasteiger partial charge on any atom is 0.0810 e. The molecule has 1 saturated heterocycles. The van der Waals surface area contributed by atoms with Crippen LogP contribution in [-0.2, 0) is 4.74 Å². The fourth-order valence-electron chi connectivity index (χ4n) is 0.754. The predicted molar refractivity (Wildman–Crippen MR) is 33.8 cm³/mol. The molecule has 1 aliphatic rings. The molecule has 8 heavy (non-hydrogen) atoms. The summed E-state index contributed by atoms with van der Waals surface area (Å²) in [5, 5.41) is 0. The first-order valence-electron chi connectivity index (χ1n) is 3.40. The molecule has 0 radical (unpaired) electrons. The lowest BCUT2D eigenvalue weighted by molar-refractivity contribution is 0.378. The second kappa shape index (κ2) is 2.49. The summed E-state index contributed by atoms with van der Waals surface area (Å²) >= 11 is 0. The lowest BCUT2D eigenvalue weighted by Crippen LogP contribution is -1.90. The van der Waals surface area contributed by atoms with E-state index in [0.717, 1.165) is 12.5 Å². The van der Waals surface area contributed by atoms with Crippen LogP contribution in [0.2, 0.25) is 0 Å². The summed E-state index contributed by atoms with van der Waals surface area (Å²) in [7, 11) is 0. The van der Waals surface area contributed by atoms with Crippen LogP contribution in [0.25, 0.3) is 0 Å². The van der Waals surface area contributed by atoms with Crippen LogP contribution in [0.3, 0.4) is 0 Å². The first kappa shape index (κ1) is 6.09. The van der Waals surface area contributed by atoms with Crippen molar-refractivity contribution < 1.29 is 4.74 Å². The third-order valence-corrected chi connectivity index (χ3v) is 1.47. The van der Waals surface area contributed by atoms with E-state index in [-0.39, 0.29) is 0 Å². The van der Waals surface area contributed by atoms with Crippen LogP contribution >= 0.6 is 0 Å². The molecular weight excluding hydrogens is 100 g/mol. The quantitative estimate of drug-likeness (QED) is 0.510. The third-order valence-electron chi connectivity index (χ3n) is 1.47. The van der Waals surface area contributed by atoms with Crippen LogP contribution in [0, 0.1) is 5.92 Å². The van der Waals surface area contributed by atoms with E-state index in [1.165, 1.54) is 12.8 Å². The molecule has 0 aromatic carbocycles.